The monoisotopic (exact) mass is 417 g/mol. The number of hydrogen-bond acceptors (Lipinski definition) is 5. The van der Waals surface area contributed by atoms with Crippen LogP contribution < -0.4 is 15.4 Å². The molecule has 0 aliphatic carbocycles. The van der Waals surface area contributed by atoms with E-state index in [-0.39, 0.29) is 23.3 Å². The molecule has 154 valence electrons. The lowest BCUT2D eigenvalue weighted by Crippen LogP contribution is -2.27. The number of carbonyl (C=O) groups is 2. The van der Waals surface area contributed by atoms with Crippen LogP contribution in [0.1, 0.15) is 19.8 Å². The van der Waals surface area contributed by atoms with Crippen LogP contribution in [0.2, 0.25) is 0 Å². The normalized spacial score (nSPS) is 14.4. The quantitative estimate of drug-likeness (QED) is 0.720. The van der Waals surface area contributed by atoms with Crippen molar-refractivity contribution in [2.75, 3.05) is 30.3 Å². The van der Waals surface area contributed by atoms with Crippen LogP contribution in [-0.2, 0) is 19.6 Å². The average Bonchev–Trinajstić information content (AvgIpc) is 3.24. The van der Waals surface area contributed by atoms with Gasteiger partial charge >= 0.3 is 0 Å². The van der Waals surface area contributed by atoms with E-state index in [4.69, 9.17) is 4.74 Å². The molecule has 1 aliphatic heterocycles. The predicted octanol–water partition coefficient (Wildman–Crippen LogP) is 2.45. The van der Waals surface area contributed by atoms with Crippen molar-refractivity contribution in [1.82, 2.24) is 4.31 Å². The number of benzene rings is 2. The molecule has 0 radical (unpaired) electrons. The van der Waals surface area contributed by atoms with Gasteiger partial charge in [-0.3, -0.25) is 9.59 Å². The van der Waals surface area contributed by atoms with Gasteiger partial charge in [-0.15, -0.1) is 0 Å². The fourth-order valence-electron chi connectivity index (χ4n) is 2.97. The minimum Gasteiger partial charge on any atom is -0.484 e. The largest absolute Gasteiger partial charge is 0.484 e. The zero-order chi connectivity index (χ0) is 20.9. The summed E-state index contributed by atoms with van der Waals surface area (Å²) in [5.41, 5.74) is 1.20. The predicted molar refractivity (Wildman–Crippen MR) is 109 cm³/mol. The van der Waals surface area contributed by atoms with Gasteiger partial charge in [0.2, 0.25) is 15.9 Å². The lowest BCUT2D eigenvalue weighted by molar-refractivity contribution is -0.118. The molecule has 0 unspecified atom stereocenters. The van der Waals surface area contributed by atoms with Gasteiger partial charge < -0.3 is 15.4 Å². The molecule has 1 aliphatic rings. The molecule has 9 heteroatoms. The first kappa shape index (κ1) is 20.8. The molecule has 0 spiro atoms. The van der Waals surface area contributed by atoms with Crippen molar-refractivity contribution in [2.45, 2.75) is 24.7 Å². The number of hydrogen-bond donors (Lipinski definition) is 2. The molecule has 2 amide bonds. The van der Waals surface area contributed by atoms with Crippen molar-refractivity contribution in [3.8, 4) is 5.75 Å². The zero-order valence-electron chi connectivity index (χ0n) is 16.1. The molecular formula is C20H23N3O5S. The van der Waals surface area contributed by atoms with Gasteiger partial charge in [-0.05, 0) is 61.4 Å². The molecule has 3 rings (SSSR count). The van der Waals surface area contributed by atoms with Crippen molar-refractivity contribution in [3.63, 3.8) is 0 Å². The summed E-state index contributed by atoms with van der Waals surface area (Å²) in [4.78, 5) is 23.3. The van der Waals surface area contributed by atoms with Crippen LogP contribution in [-0.4, -0.2) is 44.2 Å². The number of sulfonamides is 1. The Morgan fingerprint density at radius 1 is 0.931 bits per heavy atom. The van der Waals surface area contributed by atoms with E-state index < -0.39 is 10.0 Å². The van der Waals surface area contributed by atoms with Crippen molar-refractivity contribution in [1.29, 1.82) is 0 Å². The molecule has 1 heterocycles. The van der Waals surface area contributed by atoms with E-state index in [1.807, 2.05) is 0 Å². The third-order valence-electron chi connectivity index (χ3n) is 4.39. The zero-order valence-corrected chi connectivity index (χ0v) is 16.9. The standard InChI is InChI=1S/C20H23N3O5S/c1-15(24)21-16-4-6-17(7-5-16)22-20(25)14-28-18-8-10-19(11-9-18)29(26,27)23-12-2-3-13-23/h4-11H,2-3,12-14H2,1H3,(H,21,24)(H,22,25). The number of nitrogens with one attached hydrogen (secondary N) is 2. The van der Waals surface area contributed by atoms with Gasteiger partial charge in [-0.25, -0.2) is 8.42 Å². The minimum atomic E-state index is -3.47. The molecular weight excluding hydrogens is 394 g/mol. The third-order valence-corrected chi connectivity index (χ3v) is 6.30. The van der Waals surface area contributed by atoms with E-state index in [0.29, 0.717) is 30.2 Å². The van der Waals surface area contributed by atoms with E-state index in [1.54, 1.807) is 36.4 Å². The van der Waals surface area contributed by atoms with Gasteiger partial charge in [0.1, 0.15) is 5.75 Å². The van der Waals surface area contributed by atoms with Crippen molar-refractivity contribution < 1.29 is 22.7 Å². The summed E-state index contributed by atoms with van der Waals surface area (Å²) in [7, 11) is -3.47. The van der Waals surface area contributed by atoms with E-state index >= 15 is 0 Å². The maximum absolute atomic E-state index is 12.5. The molecule has 2 aromatic carbocycles. The molecule has 1 saturated heterocycles. The number of carbonyl (C=O) groups excluding carboxylic acids is 2. The molecule has 2 N–H and O–H groups in total. The molecule has 1 fully saturated rings. The number of ether oxygens (including phenoxy) is 1. The average molecular weight is 417 g/mol. The molecule has 0 aromatic heterocycles. The topological polar surface area (TPSA) is 105 Å². The second kappa shape index (κ2) is 9.06. The Labute approximate surface area is 169 Å². The fourth-order valence-corrected chi connectivity index (χ4v) is 4.49. The van der Waals surface area contributed by atoms with Crippen molar-refractivity contribution in [3.05, 3.63) is 48.5 Å². The van der Waals surface area contributed by atoms with Crippen LogP contribution in [0, 0.1) is 0 Å². The Bertz CT molecular complexity index is 966. The maximum Gasteiger partial charge on any atom is 0.262 e. The summed E-state index contributed by atoms with van der Waals surface area (Å²) in [5, 5.41) is 5.33. The Hall–Kier alpha value is -2.91. The first-order valence-corrected chi connectivity index (χ1v) is 10.7. The van der Waals surface area contributed by atoms with Gasteiger partial charge in [-0.1, -0.05) is 0 Å². The van der Waals surface area contributed by atoms with Crippen LogP contribution in [0.4, 0.5) is 11.4 Å². The van der Waals surface area contributed by atoms with Crippen LogP contribution in [0.25, 0.3) is 0 Å². The maximum atomic E-state index is 12.5. The van der Waals surface area contributed by atoms with Gasteiger partial charge in [0.25, 0.3) is 5.91 Å². The van der Waals surface area contributed by atoms with Gasteiger partial charge in [-0.2, -0.15) is 4.31 Å². The summed E-state index contributed by atoms with van der Waals surface area (Å²) in [6.07, 6.45) is 1.76. The Kier molecular flexibility index (Phi) is 6.50. The summed E-state index contributed by atoms with van der Waals surface area (Å²) in [6.45, 7) is 2.30. The SMILES string of the molecule is CC(=O)Nc1ccc(NC(=O)COc2ccc(S(=O)(=O)N3CCCC3)cc2)cc1. The number of nitrogens with zero attached hydrogens (tertiary/aromatic N) is 1. The van der Waals surface area contributed by atoms with E-state index in [1.165, 1.54) is 23.4 Å². The molecule has 0 atom stereocenters. The number of rotatable bonds is 7. The Morgan fingerprint density at radius 2 is 1.48 bits per heavy atom. The highest BCUT2D eigenvalue weighted by Crippen LogP contribution is 2.23. The van der Waals surface area contributed by atoms with Crippen LogP contribution in [0.15, 0.2) is 53.4 Å². The first-order chi connectivity index (χ1) is 13.8. The van der Waals surface area contributed by atoms with Crippen LogP contribution in [0.3, 0.4) is 0 Å². The van der Waals surface area contributed by atoms with Crippen LogP contribution in [0.5, 0.6) is 5.75 Å². The summed E-state index contributed by atoms with van der Waals surface area (Å²) in [6, 6.07) is 12.7. The highest BCUT2D eigenvalue weighted by Gasteiger charge is 2.26. The third kappa shape index (κ3) is 5.55. The lowest BCUT2D eigenvalue weighted by atomic mass is 10.2. The summed E-state index contributed by atoms with van der Waals surface area (Å²) in [5.74, 6) is -0.123. The second-order valence-corrected chi connectivity index (χ2v) is 8.62. The first-order valence-electron chi connectivity index (χ1n) is 9.25. The smallest absolute Gasteiger partial charge is 0.262 e. The molecule has 2 aromatic rings. The highest BCUT2D eigenvalue weighted by atomic mass is 32.2. The van der Waals surface area contributed by atoms with E-state index in [2.05, 4.69) is 10.6 Å². The molecule has 0 bridgehead atoms. The van der Waals surface area contributed by atoms with Gasteiger partial charge in [0, 0.05) is 31.4 Å². The van der Waals surface area contributed by atoms with E-state index in [0.717, 1.165) is 12.8 Å². The van der Waals surface area contributed by atoms with Gasteiger partial charge in [0.05, 0.1) is 4.90 Å². The van der Waals surface area contributed by atoms with Gasteiger partial charge in [0.15, 0.2) is 6.61 Å². The number of anilines is 2. The van der Waals surface area contributed by atoms with Crippen molar-refractivity contribution >= 4 is 33.2 Å². The Balaban J connectivity index is 1.52. The Morgan fingerprint density at radius 3 is 2.03 bits per heavy atom. The number of amides is 2. The summed E-state index contributed by atoms with van der Waals surface area (Å²) < 4.78 is 31.9. The molecule has 29 heavy (non-hydrogen) atoms. The lowest BCUT2D eigenvalue weighted by Gasteiger charge is -2.15. The second-order valence-electron chi connectivity index (χ2n) is 6.68. The highest BCUT2D eigenvalue weighted by molar-refractivity contribution is 7.89. The summed E-state index contributed by atoms with van der Waals surface area (Å²) >= 11 is 0. The van der Waals surface area contributed by atoms with E-state index in [9.17, 15) is 18.0 Å². The van der Waals surface area contributed by atoms with Crippen molar-refractivity contribution in [2.24, 2.45) is 0 Å². The molecule has 0 saturated carbocycles. The minimum absolute atomic E-state index is 0.172. The fraction of sp³-hybridized carbons (Fsp3) is 0.300. The molecule has 8 nitrogen and oxygen atoms in total. The van der Waals surface area contributed by atoms with Crippen LogP contribution >= 0.6 is 0 Å².